The molecule has 8 heteroatoms. The zero-order valence-corrected chi connectivity index (χ0v) is 15.3. The Morgan fingerprint density at radius 2 is 1.68 bits per heavy atom. The molecule has 6 nitrogen and oxygen atoms in total. The number of nitrogens with two attached hydrogens (primary N) is 2. The maximum atomic E-state index is 12.6. The molecule has 0 aliphatic heterocycles. The average Bonchev–Trinajstić information content (AvgIpc) is 2.52. The fourth-order valence-electron chi connectivity index (χ4n) is 2.29. The number of hydrogen-bond donors (Lipinski definition) is 3. The van der Waals surface area contributed by atoms with Crippen LogP contribution in [-0.4, -0.2) is 19.9 Å². The van der Waals surface area contributed by atoms with Gasteiger partial charge in [-0.3, -0.25) is 4.79 Å². The molecule has 2 aromatic rings. The molecular formula is C17H18ClN3O3S. The van der Waals surface area contributed by atoms with E-state index in [1.807, 2.05) is 13.8 Å². The second-order valence-electron chi connectivity index (χ2n) is 5.89. The number of halogens is 1. The minimum absolute atomic E-state index is 0.00237. The number of benzene rings is 2. The first-order valence-electron chi connectivity index (χ1n) is 7.37. The Kier molecular flexibility index (Phi) is 5.31. The maximum absolute atomic E-state index is 12.6. The number of primary sulfonamides is 1. The number of nitrogens with one attached hydrogen (secondary N) is 1. The molecule has 0 atom stereocenters. The van der Waals surface area contributed by atoms with E-state index in [0.717, 1.165) is 6.07 Å². The number of nitrogen functional groups attached to an aromatic ring is 1. The van der Waals surface area contributed by atoms with Crippen LogP contribution in [0.3, 0.4) is 0 Å². The van der Waals surface area contributed by atoms with Crippen LogP contribution in [0.4, 0.5) is 5.69 Å². The highest BCUT2D eigenvalue weighted by atomic mass is 35.5. The number of anilines is 1. The molecule has 0 fully saturated rings. The summed E-state index contributed by atoms with van der Waals surface area (Å²) in [5.41, 5.74) is 7.62. The molecule has 0 amide bonds. The quantitative estimate of drug-likeness (QED) is 0.419. The third-order valence-electron chi connectivity index (χ3n) is 3.68. The highest BCUT2D eigenvalue weighted by Gasteiger charge is 2.18. The van der Waals surface area contributed by atoms with Crippen LogP contribution in [0.2, 0.25) is 5.02 Å². The fourth-order valence-corrected chi connectivity index (χ4v) is 3.36. The van der Waals surface area contributed by atoms with Gasteiger partial charge in [-0.2, -0.15) is 0 Å². The van der Waals surface area contributed by atoms with Crippen molar-refractivity contribution >= 4 is 38.8 Å². The first kappa shape index (κ1) is 19.1. The summed E-state index contributed by atoms with van der Waals surface area (Å²) >= 11 is 5.83. The Morgan fingerprint density at radius 3 is 2.20 bits per heavy atom. The van der Waals surface area contributed by atoms with Crippen molar-refractivity contribution in [3.05, 3.63) is 58.1 Å². The topological polar surface area (TPSA) is 127 Å². The summed E-state index contributed by atoms with van der Waals surface area (Å²) < 4.78 is 23.1. The van der Waals surface area contributed by atoms with Crippen molar-refractivity contribution in [1.82, 2.24) is 0 Å². The smallest absolute Gasteiger partial charge is 0.239 e. The van der Waals surface area contributed by atoms with Crippen LogP contribution in [0.15, 0.2) is 41.3 Å². The molecule has 0 heterocycles. The van der Waals surface area contributed by atoms with E-state index in [2.05, 4.69) is 0 Å². The molecule has 0 spiro atoms. The molecule has 5 N–H and O–H groups in total. The molecule has 132 valence electrons. The Morgan fingerprint density at radius 1 is 1.12 bits per heavy atom. The standard InChI is InChI=1S/C17H18ClN3O3S/c1-9(2)16(20)12-5-3-10(7-14(12)19)17(22)11-4-6-13(18)15(8-11)25(21,23)24/h3-9,20H,19H2,1-2H3,(H2,21,23,24). The number of ketones is 1. The Balaban J connectivity index is 2.46. The predicted molar refractivity (Wildman–Crippen MR) is 98.8 cm³/mol. The minimum Gasteiger partial charge on any atom is -0.398 e. The van der Waals surface area contributed by atoms with Gasteiger partial charge in [0.2, 0.25) is 10.0 Å². The van der Waals surface area contributed by atoms with Crippen molar-refractivity contribution in [1.29, 1.82) is 5.41 Å². The normalized spacial score (nSPS) is 11.6. The van der Waals surface area contributed by atoms with Crippen LogP contribution in [0.1, 0.15) is 35.3 Å². The van der Waals surface area contributed by atoms with Crippen molar-refractivity contribution in [2.75, 3.05) is 5.73 Å². The molecule has 2 aromatic carbocycles. The van der Waals surface area contributed by atoms with Gasteiger partial charge in [0.25, 0.3) is 0 Å². The van der Waals surface area contributed by atoms with Crippen LogP contribution in [0.25, 0.3) is 0 Å². The number of hydrogen-bond acceptors (Lipinski definition) is 5. The van der Waals surface area contributed by atoms with Gasteiger partial charge in [-0.1, -0.05) is 37.6 Å². The summed E-state index contributed by atoms with van der Waals surface area (Å²) in [6.07, 6.45) is 0. The molecule has 0 saturated heterocycles. The first-order valence-corrected chi connectivity index (χ1v) is 9.30. The van der Waals surface area contributed by atoms with Crippen LogP contribution in [-0.2, 0) is 10.0 Å². The van der Waals surface area contributed by atoms with Crippen molar-refractivity contribution in [2.24, 2.45) is 11.1 Å². The third-order valence-corrected chi connectivity index (χ3v) is 5.07. The lowest BCUT2D eigenvalue weighted by Crippen LogP contribution is -2.14. The van der Waals surface area contributed by atoms with Gasteiger partial charge in [-0.05, 0) is 30.2 Å². The maximum Gasteiger partial charge on any atom is 0.239 e. The van der Waals surface area contributed by atoms with Gasteiger partial charge in [-0.15, -0.1) is 0 Å². The Hall–Kier alpha value is -2.22. The van der Waals surface area contributed by atoms with Crippen LogP contribution >= 0.6 is 11.6 Å². The van der Waals surface area contributed by atoms with Crippen LogP contribution in [0, 0.1) is 11.3 Å². The van der Waals surface area contributed by atoms with Crippen LogP contribution < -0.4 is 10.9 Å². The molecule has 0 aliphatic rings. The summed E-state index contributed by atoms with van der Waals surface area (Å²) in [5.74, 6) is -0.423. The van der Waals surface area contributed by atoms with Gasteiger partial charge in [0.05, 0.1) is 5.02 Å². The molecule has 0 radical (unpaired) electrons. The van der Waals surface area contributed by atoms with Crippen molar-refractivity contribution in [3.63, 3.8) is 0 Å². The molecule has 0 unspecified atom stereocenters. The fraction of sp³-hybridized carbons (Fsp3) is 0.176. The largest absolute Gasteiger partial charge is 0.398 e. The zero-order valence-electron chi connectivity index (χ0n) is 13.7. The monoisotopic (exact) mass is 379 g/mol. The Labute approximate surface area is 151 Å². The SMILES string of the molecule is CC(C)C(=N)c1ccc(C(=O)c2ccc(Cl)c(S(N)(=O)=O)c2)cc1N. The summed E-state index contributed by atoms with van der Waals surface area (Å²) in [6.45, 7) is 3.76. The second kappa shape index (κ2) is 6.95. The molecule has 2 rings (SSSR count). The first-order chi connectivity index (χ1) is 11.5. The van der Waals surface area contributed by atoms with Gasteiger partial charge < -0.3 is 11.1 Å². The molecule has 0 bridgehead atoms. The van der Waals surface area contributed by atoms with E-state index in [9.17, 15) is 13.2 Å². The van der Waals surface area contributed by atoms with Gasteiger partial charge in [0, 0.05) is 28.1 Å². The zero-order chi connectivity index (χ0) is 18.9. The van der Waals surface area contributed by atoms with Gasteiger partial charge in [0.1, 0.15) is 4.90 Å². The third kappa shape index (κ3) is 4.07. The van der Waals surface area contributed by atoms with Gasteiger partial charge in [-0.25, -0.2) is 13.6 Å². The van der Waals surface area contributed by atoms with E-state index in [4.69, 9.17) is 27.9 Å². The highest BCUT2D eigenvalue weighted by Crippen LogP contribution is 2.24. The molecule has 0 aromatic heterocycles. The summed E-state index contributed by atoms with van der Waals surface area (Å²) in [4.78, 5) is 12.3. The molecular weight excluding hydrogens is 362 g/mol. The summed E-state index contributed by atoms with van der Waals surface area (Å²) in [5, 5.41) is 13.1. The summed E-state index contributed by atoms with van der Waals surface area (Å²) in [7, 11) is -4.04. The molecule has 25 heavy (non-hydrogen) atoms. The number of carbonyl (C=O) groups is 1. The average molecular weight is 380 g/mol. The van der Waals surface area contributed by atoms with E-state index >= 15 is 0 Å². The van der Waals surface area contributed by atoms with E-state index < -0.39 is 15.8 Å². The lowest BCUT2D eigenvalue weighted by molar-refractivity contribution is 0.103. The van der Waals surface area contributed by atoms with E-state index in [1.54, 1.807) is 12.1 Å². The van der Waals surface area contributed by atoms with Crippen molar-refractivity contribution in [2.45, 2.75) is 18.7 Å². The van der Waals surface area contributed by atoms with E-state index in [1.165, 1.54) is 18.2 Å². The number of sulfonamides is 1. The molecule has 0 saturated carbocycles. The second-order valence-corrected chi connectivity index (χ2v) is 7.83. The summed E-state index contributed by atoms with van der Waals surface area (Å²) in [6, 6.07) is 8.50. The lowest BCUT2D eigenvalue weighted by atomic mass is 9.95. The minimum atomic E-state index is -4.04. The number of rotatable bonds is 5. The van der Waals surface area contributed by atoms with Gasteiger partial charge >= 0.3 is 0 Å². The van der Waals surface area contributed by atoms with E-state index in [-0.39, 0.29) is 27.0 Å². The number of carbonyl (C=O) groups excluding carboxylic acids is 1. The molecule has 0 aliphatic carbocycles. The van der Waals surface area contributed by atoms with Crippen molar-refractivity contribution in [3.8, 4) is 0 Å². The highest BCUT2D eigenvalue weighted by molar-refractivity contribution is 7.89. The van der Waals surface area contributed by atoms with Crippen LogP contribution in [0.5, 0.6) is 0 Å². The van der Waals surface area contributed by atoms with Crippen molar-refractivity contribution < 1.29 is 13.2 Å². The lowest BCUT2D eigenvalue weighted by Gasteiger charge is -2.12. The van der Waals surface area contributed by atoms with Gasteiger partial charge in [0.15, 0.2) is 5.78 Å². The Bertz CT molecular complexity index is 969. The predicted octanol–water partition coefficient (Wildman–Crippen LogP) is 2.82. The van der Waals surface area contributed by atoms with E-state index in [0.29, 0.717) is 17.0 Å².